The molecule has 1 aromatic rings. The van der Waals surface area contributed by atoms with Crippen LogP contribution >= 0.6 is 23.2 Å². The zero-order valence-electron chi connectivity index (χ0n) is 8.35. The molecule has 0 saturated heterocycles. The van der Waals surface area contributed by atoms with E-state index in [0.29, 0.717) is 22.0 Å². The molecule has 1 atom stereocenters. The van der Waals surface area contributed by atoms with Gasteiger partial charge in [0, 0.05) is 15.6 Å². The van der Waals surface area contributed by atoms with E-state index in [1.54, 1.807) is 25.1 Å². The fourth-order valence-electron chi connectivity index (χ4n) is 1.62. The molecule has 78 valence electrons. The summed E-state index contributed by atoms with van der Waals surface area (Å²) in [6.07, 6.45) is 1.53. The molecule has 0 fully saturated rings. The van der Waals surface area contributed by atoms with Gasteiger partial charge in [0.15, 0.2) is 0 Å². The summed E-state index contributed by atoms with van der Waals surface area (Å²) in [5, 5.41) is 11.2. The van der Waals surface area contributed by atoms with Crippen LogP contribution in [-0.4, -0.2) is 5.11 Å². The minimum atomic E-state index is -0.940. The Kier molecular flexibility index (Phi) is 3.82. The van der Waals surface area contributed by atoms with Crippen LogP contribution in [0.1, 0.15) is 32.3 Å². The lowest BCUT2D eigenvalue weighted by Gasteiger charge is -2.25. The second kappa shape index (κ2) is 4.52. The summed E-state index contributed by atoms with van der Waals surface area (Å²) in [7, 11) is 0. The van der Waals surface area contributed by atoms with Crippen LogP contribution in [0.5, 0.6) is 0 Å². The van der Waals surface area contributed by atoms with Gasteiger partial charge in [-0.25, -0.2) is 0 Å². The Hall–Kier alpha value is -0.240. The van der Waals surface area contributed by atoms with E-state index in [-0.39, 0.29) is 0 Å². The highest BCUT2D eigenvalue weighted by Crippen LogP contribution is 2.36. The maximum Gasteiger partial charge on any atom is 0.0897 e. The molecule has 1 rings (SSSR count). The van der Waals surface area contributed by atoms with Crippen LogP contribution in [0.4, 0.5) is 0 Å². The zero-order chi connectivity index (χ0) is 10.8. The quantitative estimate of drug-likeness (QED) is 0.836. The molecule has 0 bridgehead atoms. The van der Waals surface area contributed by atoms with Crippen molar-refractivity contribution in [2.24, 2.45) is 0 Å². The summed E-state index contributed by atoms with van der Waals surface area (Å²) >= 11 is 12.0. The third-order valence-corrected chi connectivity index (χ3v) is 2.87. The Bertz CT molecular complexity index is 301. The SMILES string of the molecule is CCCC(C)(O)c1c(Cl)cccc1Cl. The number of hydrogen-bond donors (Lipinski definition) is 1. The van der Waals surface area contributed by atoms with E-state index in [2.05, 4.69) is 0 Å². The molecule has 1 unspecified atom stereocenters. The molecule has 0 aliphatic rings. The maximum atomic E-state index is 10.2. The topological polar surface area (TPSA) is 20.2 Å². The molecule has 0 spiro atoms. The molecule has 0 aliphatic heterocycles. The molecular weight excluding hydrogens is 219 g/mol. The number of rotatable bonds is 3. The lowest BCUT2D eigenvalue weighted by molar-refractivity contribution is 0.0472. The molecule has 14 heavy (non-hydrogen) atoms. The molecule has 0 aromatic heterocycles. The molecule has 0 saturated carbocycles. The van der Waals surface area contributed by atoms with E-state index in [4.69, 9.17) is 23.2 Å². The molecule has 1 nitrogen and oxygen atoms in total. The fourth-order valence-corrected chi connectivity index (χ4v) is 2.43. The summed E-state index contributed by atoms with van der Waals surface area (Å²) in [6.45, 7) is 3.75. The van der Waals surface area contributed by atoms with Crippen LogP contribution in [0.15, 0.2) is 18.2 Å². The first-order valence-electron chi connectivity index (χ1n) is 4.66. The summed E-state index contributed by atoms with van der Waals surface area (Å²) in [5.74, 6) is 0. The van der Waals surface area contributed by atoms with Gasteiger partial charge < -0.3 is 5.11 Å². The predicted octanol–water partition coefficient (Wildman–Crippen LogP) is 4.00. The van der Waals surface area contributed by atoms with Crippen molar-refractivity contribution in [3.8, 4) is 0 Å². The summed E-state index contributed by atoms with van der Waals surface area (Å²) < 4.78 is 0. The van der Waals surface area contributed by atoms with Gasteiger partial charge in [-0.05, 0) is 25.5 Å². The van der Waals surface area contributed by atoms with Crippen molar-refractivity contribution in [2.75, 3.05) is 0 Å². The van der Waals surface area contributed by atoms with Crippen molar-refractivity contribution in [3.63, 3.8) is 0 Å². The Balaban J connectivity index is 3.17. The van der Waals surface area contributed by atoms with Crippen LogP contribution in [0.2, 0.25) is 10.0 Å². The predicted molar refractivity (Wildman–Crippen MR) is 60.9 cm³/mol. The van der Waals surface area contributed by atoms with E-state index in [9.17, 15) is 5.11 Å². The number of halogens is 2. The summed E-state index contributed by atoms with van der Waals surface area (Å²) in [4.78, 5) is 0. The Morgan fingerprint density at radius 2 is 1.79 bits per heavy atom. The van der Waals surface area contributed by atoms with Crippen LogP contribution in [0.3, 0.4) is 0 Å². The van der Waals surface area contributed by atoms with Crippen molar-refractivity contribution in [3.05, 3.63) is 33.8 Å². The third-order valence-electron chi connectivity index (χ3n) is 2.24. The Labute approximate surface area is 94.7 Å². The normalized spacial score (nSPS) is 15.2. The standard InChI is InChI=1S/C11H14Cl2O/c1-3-7-11(2,14)10-8(12)5-4-6-9(10)13/h4-6,14H,3,7H2,1-2H3. The van der Waals surface area contributed by atoms with E-state index in [1.807, 2.05) is 6.92 Å². The van der Waals surface area contributed by atoms with Crippen LogP contribution < -0.4 is 0 Å². The van der Waals surface area contributed by atoms with Gasteiger partial charge in [0.25, 0.3) is 0 Å². The molecule has 0 radical (unpaired) electrons. The van der Waals surface area contributed by atoms with Gasteiger partial charge in [0.2, 0.25) is 0 Å². The number of aliphatic hydroxyl groups is 1. The first-order chi connectivity index (χ1) is 6.49. The van der Waals surface area contributed by atoms with E-state index in [1.165, 1.54) is 0 Å². The monoisotopic (exact) mass is 232 g/mol. The van der Waals surface area contributed by atoms with Gasteiger partial charge in [-0.2, -0.15) is 0 Å². The van der Waals surface area contributed by atoms with Gasteiger partial charge in [-0.15, -0.1) is 0 Å². The van der Waals surface area contributed by atoms with Crippen LogP contribution in [0, 0.1) is 0 Å². The highest BCUT2D eigenvalue weighted by Gasteiger charge is 2.26. The average molecular weight is 233 g/mol. The van der Waals surface area contributed by atoms with Gasteiger partial charge in [-0.3, -0.25) is 0 Å². The minimum absolute atomic E-state index is 0.524. The van der Waals surface area contributed by atoms with Crippen molar-refractivity contribution in [1.82, 2.24) is 0 Å². The Morgan fingerprint density at radius 3 is 2.21 bits per heavy atom. The first kappa shape index (κ1) is 11.8. The highest BCUT2D eigenvalue weighted by molar-refractivity contribution is 6.36. The lowest BCUT2D eigenvalue weighted by atomic mass is 9.91. The van der Waals surface area contributed by atoms with Gasteiger partial charge in [-0.1, -0.05) is 42.6 Å². The number of hydrogen-bond acceptors (Lipinski definition) is 1. The summed E-state index contributed by atoms with van der Waals surface area (Å²) in [5.41, 5.74) is -0.311. The largest absolute Gasteiger partial charge is 0.385 e. The molecule has 0 amide bonds. The van der Waals surface area contributed by atoms with Gasteiger partial charge in [0.1, 0.15) is 0 Å². The summed E-state index contributed by atoms with van der Waals surface area (Å²) in [6, 6.07) is 5.26. The first-order valence-corrected chi connectivity index (χ1v) is 5.41. The van der Waals surface area contributed by atoms with Crippen molar-refractivity contribution in [1.29, 1.82) is 0 Å². The van der Waals surface area contributed by atoms with E-state index < -0.39 is 5.60 Å². The second-order valence-electron chi connectivity index (χ2n) is 3.62. The van der Waals surface area contributed by atoms with Crippen molar-refractivity contribution >= 4 is 23.2 Å². The van der Waals surface area contributed by atoms with Crippen molar-refractivity contribution < 1.29 is 5.11 Å². The van der Waals surface area contributed by atoms with Crippen molar-refractivity contribution in [2.45, 2.75) is 32.3 Å². The van der Waals surface area contributed by atoms with Crippen LogP contribution in [0.25, 0.3) is 0 Å². The van der Waals surface area contributed by atoms with Gasteiger partial charge >= 0.3 is 0 Å². The van der Waals surface area contributed by atoms with Gasteiger partial charge in [0.05, 0.1) is 5.60 Å². The zero-order valence-corrected chi connectivity index (χ0v) is 9.86. The highest BCUT2D eigenvalue weighted by atomic mass is 35.5. The Morgan fingerprint density at radius 1 is 1.29 bits per heavy atom. The van der Waals surface area contributed by atoms with Crippen LogP contribution in [-0.2, 0) is 5.60 Å². The minimum Gasteiger partial charge on any atom is -0.385 e. The molecule has 0 heterocycles. The fraction of sp³-hybridized carbons (Fsp3) is 0.455. The average Bonchev–Trinajstić information content (AvgIpc) is 2.02. The second-order valence-corrected chi connectivity index (χ2v) is 4.43. The molecule has 1 N–H and O–H groups in total. The lowest BCUT2D eigenvalue weighted by Crippen LogP contribution is -2.21. The molecule has 0 aliphatic carbocycles. The van der Waals surface area contributed by atoms with E-state index >= 15 is 0 Å². The number of benzene rings is 1. The third kappa shape index (κ3) is 2.41. The maximum absolute atomic E-state index is 10.2. The smallest absolute Gasteiger partial charge is 0.0897 e. The van der Waals surface area contributed by atoms with E-state index in [0.717, 1.165) is 6.42 Å². The molecule has 1 aromatic carbocycles. The molecular formula is C11H14Cl2O. The molecule has 3 heteroatoms.